The number of aromatic nitrogens is 4. The molecule has 11 aromatic rings. The summed E-state index contributed by atoms with van der Waals surface area (Å²) >= 11 is 0. The standard InChI is InChI=1S/C60H39N4.Ir/c1-5-18-41(19-6-1)48-35-49(42-20-7-2-8-21-42)38-52(37-48)59-62-58(47-28-17-27-46(34-47)57-56-31-14-13-26-45(56)32-33-61-57)63-60(64-59)53-39-50(43-22-9-3-10-23-43)36-51(40-53)55-30-16-15-29-54(55)44-24-11-4-12-25-44;/h1-26,28-40H;/q-1;. The molecule has 9 aromatic carbocycles. The molecule has 0 aliphatic rings. The summed E-state index contributed by atoms with van der Waals surface area (Å²) in [6, 6.07) is 83.8. The fraction of sp³-hybridized carbons (Fsp3) is 0. The zero-order valence-corrected chi connectivity index (χ0v) is 37.5. The largest absolute Gasteiger partial charge is 0.304 e. The van der Waals surface area contributed by atoms with Gasteiger partial charge in [0.1, 0.15) is 5.82 Å². The Morgan fingerprint density at radius 1 is 0.308 bits per heavy atom. The van der Waals surface area contributed by atoms with Crippen molar-refractivity contribution in [2.24, 2.45) is 0 Å². The molecule has 0 bridgehead atoms. The van der Waals surface area contributed by atoms with Crippen molar-refractivity contribution in [2.75, 3.05) is 0 Å². The van der Waals surface area contributed by atoms with Crippen LogP contribution >= 0.6 is 0 Å². The van der Waals surface area contributed by atoms with Gasteiger partial charge in [0.2, 0.25) is 0 Å². The third-order valence-electron chi connectivity index (χ3n) is 11.7. The third-order valence-corrected chi connectivity index (χ3v) is 11.7. The Kier molecular flexibility index (Phi) is 11.6. The number of nitrogens with zero attached hydrogens (tertiary/aromatic N) is 4. The maximum atomic E-state index is 5.40. The zero-order valence-electron chi connectivity index (χ0n) is 35.1. The zero-order chi connectivity index (χ0) is 42.7. The van der Waals surface area contributed by atoms with Crippen molar-refractivity contribution >= 4 is 10.8 Å². The van der Waals surface area contributed by atoms with Gasteiger partial charge in [-0.3, -0.25) is 0 Å². The molecule has 0 atom stereocenters. The molecule has 65 heavy (non-hydrogen) atoms. The monoisotopic (exact) mass is 1010 g/mol. The molecule has 309 valence electrons. The Morgan fingerprint density at radius 3 is 1.28 bits per heavy atom. The number of pyridine rings is 1. The van der Waals surface area contributed by atoms with Gasteiger partial charge >= 0.3 is 0 Å². The molecular formula is C60H39IrN4-. The Morgan fingerprint density at radius 2 is 0.723 bits per heavy atom. The second-order valence-electron chi connectivity index (χ2n) is 15.8. The maximum Gasteiger partial charge on any atom is 0.164 e. The van der Waals surface area contributed by atoms with Gasteiger partial charge in [-0.2, -0.15) is 0 Å². The predicted octanol–water partition coefficient (Wildman–Crippen LogP) is 15.2. The average molecular weight is 1010 g/mol. The Labute approximate surface area is 392 Å². The molecule has 0 aliphatic carbocycles. The first kappa shape index (κ1) is 41.1. The molecule has 2 heterocycles. The first-order valence-electron chi connectivity index (χ1n) is 21.4. The van der Waals surface area contributed by atoms with E-state index in [-0.39, 0.29) is 20.1 Å². The number of fused-ring (bicyclic) bond motifs is 1. The fourth-order valence-electron chi connectivity index (χ4n) is 8.50. The maximum absolute atomic E-state index is 5.40. The third kappa shape index (κ3) is 8.59. The Hall–Kier alpha value is -7.95. The molecule has 0 amide bonds. The van der Waals surface area contributed by atoms with Crippen LogP contribution in [0.5, 0.6) is 0 Å². The van der Waals surface area contributed by atoms with Crippen molar-refractivity contribution in [3.05, 3.63) is 243 Å². The summed E-state index contributed by atoms with van der Waals surface area (Å²) in [5.41, 5.74) is 15.3. The Bertz CT molecular complexity index is 3370. The van der Waals surface area contributed by atoms with Crippen LogP contribution in [-0.2, 0) is 20.1 Å². The molecule has 0 fully saturated rings. The van der Waals surface area contributed by atoms with Gasteiger partial charge < -0.3 is 4.98 Å². The molecule has 0 saturated carbocycles. The number of benzene rings is 9. The fourth-order valence-corrected chi connectivity index (χ4v) is 8.50. The van der Waals surface area contributed by atoms with E-state index in [0.29, 0.717) is 17.5 Å². The van der Waals surface area contributed by atoms with Gasteiger partial charge in [0.15, 0.2) is 11.6 Å². The normalized spacial score (nSPS) is 11.0. The summed E-state index contributed by atoms with van der Waals surface area (Å²) in [7, 11) is 0. The second-order valence-corrected chi connectivity index (χ2v) is 15.8. The molecule has 0 unspecified atom stereocenters. The average Bonchev–Trinajstić information content (AvgIpc) is 3.39. The van der Waals surface area contributed by atoms with Crippen molar-refractivity contribution in [3.63, 3.8) is 0 Å². The summed E-state index contributed by atoms with van der Waals surface area (Å²) in [6.07, 6.45) is 1.86. The van der Waals surface area contributed by atoms with Crippen LogP contribution in [0.25, 0.3) is 112 Å². The van der Waals surface area contributed by atoms with Gasteiger partial charge in [0, 0.05) is 37.4 Å². The van der Waals surface area contributed by atoms with Gasteiger partial charge in [0.05, 0.1) is 0 Å². The first-order chi connectivity index (χ1) is 31.7. The molecule has 0 N–H and O–H groups in total. The number of hydrogen-bond acceptors (Lipinski definition) is 4. The molecule has 11 rings (SSSR count). The summed E-state index contributed by atoms with van der Waals surface area (Å²) in [5, 5.41) is 2.18. The molecule has 0 aliphatic heterocycles. The summed E-state index contributed by atoms with van der Waals surface area (Å²) in [5.74, 6) is 1.70. The van der Waals surface area contributed by atoms with E-state index in [4.69, 9.17) is 19.9 Å². The molecule has 1 radical (unpaired) electrons. The van der Waals surface area contributed by atoms with E-state index in [1.165, 1.54) is 0 Å². The minimum atomic E-state index is 0. The first-order valence-corrected chi connectivity index (χ1v) is 21.4. The number of rotatable bonds is 9. The van der Waals surface area contributed by atoms with Crippen molar-refractivity contribution in [1.29, 1.82) is 0 Å². The van der Waals surface area contributed by atoms with Crippen LogP contribution in [0, 0.1) is 6.07 Å². The van der Waals surface area contributed by atoms with E-state index >= 15 is 0 Å². The molecule has 4 nitrogen and oxygen atoms in total. The molecule has 0 spiro atoms. The summed E-state index contributed by atoms with van der Waals surface area (Å²) in [4.78, 5) is 20.9. The predicted molar refractivity (Wildman–Crippen MR) is 263 cm³/mol. The van der Waals surface area contributed by atoms with Crippen LogP contribution in [0.3, 0.4) is 0 Å². The molecule has 0 saturated heterocycles. The van der Waals surface area contributed by atoms with E-state index in [1.54, 1.807) is 0 Å². The van der Waals surface area contributed by atoms with Crippen LogP contribution in [0.15, 0.2) is 237 Å². The van der Waals surface area contributed by atoms with E-state index in [2.05, 4.69) is 200 Å². The Balaban J connectivity index is 0.00000498. The van der Waals surface area contributed by atoms with E-state index in [1.807, 2.05) is 42.6 Å². The van der Waals surface area contributed by atoms with Crippen LogP contribution in [-0.4, -0.2) is 19.9 Å². The van der Waals surface area contributed by atoms with E-state index < -0.39 is 0 Å². The van der Waals surface area contributed by atoms with Crippen LogP contribution in [0.1, 0.15) is 0 Å². The van der Waals surface area contributed by atoms with Crippen LogP contribution < -0.4 is 0 Å². The van der Waals surface area contributed by atoms with Crippen LogP contribution in [0.2, 0.25) is 0 Å². The SMILES string of the molecule is [Ir].[c-]1ccc(-c2nc(-c3cc(-c4ccccc4)cc(-c4ccccc4)c3)nc(-c3cc(-c4ccccc4)cc(-c4ccccc4-c4ccccc4)c3)n2)cc1-c1nccc2ccccc12. The van der Waals surface area contributed by atoms with Crippen molar-refractivity contribution in [3.8, 4) is 101 Å². The van der Waals surface area contributed by atoms with Crippen molar-refractivity contribution < 1.29 is 20.1 Å². The van der Waals surface area contributed by atoms with Gasteiger partial charge in [-0.05, 0) is 115 Å². The van der Waals surface area contributed by atoms with Crippen LogP contribution in [0.4, 0.5) is 0 Å². The van der Waals surface area contributed by atoms with Gasteiger partial charge in [0.25, 0.3) is 0 Å². The second kappa shape index (κ2) is 18.4. The topological polar surface area (TPSA) is 51.6 Å². The quantitative estimate of drug-likeness (QED) is 0.135. The van der Waals surface area contributed by atoms with Gasteiger partial charge in [-0.25, -0.2) is 15.0 Å². The van der Waals surface area contributed by atoms with Crippen molar-refractivity contribution in [1.82, 2.24) is 19.9 Å². The molecule has 2 aromatic heterocycles. The minimum absolute atomic E-state index is 0. The summed E-state index contributed by atoms with van der Waals surface area (Å²) in [6.45, 7) is 0. The summed E-state index contributed by atoms with van der Waals surface area (Å²) < 4.78 is 0. The smallest absolute Gasteiger partial charge is 0.164 e. The molecular weight excluding hydrogens is 969 g/mol. The number of hydrogen-bond donors (Lipinski definition) is 0. The molecule has 5 heteroatoms. The van der Waals surface area contributed by atoms with E-state index in [9.17, 15) is 0 Å². The van der Waals surface area contributed by atoms with Gasteiger partial charge in [-0.15, -0.1) is 29.8 Å². The van der Waals surface area contributed by atoms with Crippen molar-refractivity contribution in [2.45, 2.75) is 0 Å². The van der Waals surface area contributed by atoms with Gasteiger partial charge in [-0.1, -0.05) is 175 Å². The minimum Gasteiger partial charge on any atom is -0.304 e. The van der Waals surface area contributed by atoms with E-state index in [0.717, 1.165) is 94.4 Å².